The Morgan fingerprint density at radius 2 is 1.39 bits per heavy atom. The van der Waals surface area contributed by atoms with Crippen LogP contribution in [-0.2, 0) is 19.1 Å². The molecule has 11 heteroatoms. The molecule has 0 aromatic heterocycles. The molecule has 2 aromatic rings. The molecule has 51 heavy (non-hydrogen) atoms. The highest BCUT2D eigenvalue weighted by molar-refractivity contribution is 6.00. The number of hydrogen-bond donors (Lipinski definition) is 3. The van der Waals surface area contributed by atoms with Gasteiger partial charge in [-0.15, -0.1) is 0 Å². The summed E-state index contributed by atoms with van der Waals surface area (Å²) in [5.41, 5.74) is 1.85. The van der Waals surface area contributed by atoms with Crippen LogP contribution in [0.15, 0.2) is 77.1 Å². The number of aliphatic hydroxyl groups is 1. The van der Waals surface area contributed by atoms with Crippen LogP contribution in [0.25, 0.3) is 0 Å². The van der Waals surface area contributed by atoms with Gasteiger partial charge in [-0.2, -0.15) is 0 Å². The third-order valence-electron chi connectivity index (χ3n) is 8.89. The number of nitrogens with zero attached hydrogens (tertiary/aromatic N) is 1. The first kappa shape index (κ1) is 41.2. The van der Waals surface area contributed by atoms with Gasteiger partial charge in [0.1, 0.15) is 18.5 Å². The number of non-ortho nitro benzene ring substituents is 1. The lowest BCUT2D eigenvalue weighted by Gasteiger charge is -2.30. The van der Waals surface area contributed by atoms with Gasteiger partial charge in [0.15, 0.2) is 0 Å². The van der Waals surface area contributed by atoms with E-state index in [-0.39, 0.29) is 36.7 Å². The van der Waals surface area contributed by atoms with Crippen LogP contribution >= 0.6 is 0 Å². The van der Waals surface area contributed by atoms with Crippen LogP contribution in [0.2, 0.25) is 0 Å². The van der Waals surface area contributed by atoms with Crippen molar-refractivity contribution < 1.29 is 33.8 Å². The molecule has 0 saturated carbocycles. The van der Waals surface area contributed by atoms with Crippen LogP contribution < -0.4 is 15.4 Å². The van der Waals surface area contributed by atoms with Crippen LogP contribution in [0.3, 0.4) is 0 Å². The standard InChI is InChI=1S/C40H57N3O8/c1-4-5-6-7-8-9-11-17-25-49-39(45)36-30(2)42-31(3)37(38(36)32-20-19-21-33(27-32)43(47)48)40(46)50-26-18-12-10-16-24-41-28-34(44)29-51-35-22-14-13-15-23-35/h13-15,19-23,27,34,38,41-42,44H,4-12,16-18,24-26,28-29H2,1-3H3. The molecule has 280 valence electrons. The van der Waals surface area contributed by atoms with Gasteiger partial charge < -0.3 is 30.0 Å². The normalized spacial score (nSPS) is 14.9. The Kier molecular flexibility index (Phi) is 18.8. The summed E-state index contributed by atoms with van der Waals surface area (Å²) in [6, 6.07) is 15.4. The number of nitro groups is 1. The molecular formula is C40H57N3O8. The minimum atomic E-state index is -0.885. The fraction of sp³-hybridized carbons (Fsp3) is 0.550. The largest absolute Gasteiger partial charge is 0.491 e. The van der Waals surface area contributed by atoms with Gasteiger partial charge in [-0.25, -0.2) is 9.59 Å². The van der Waals surface area contributed by atoms with Gasteiger partial charge >= 0.3 is 11.9 Å². The Morgan fingerprint density at radius 1 is 0.824 bits per heavy atom. The fourth-order valence-electron chi connectivity index (χ4n) is 6.15. The van der Waals surface area contributed by atoms with Gasteiger partial charge in [-0.05, 0) is 57.4 Å². The molecule has 0 radical (unpaired) electrons. The van der Waals surface area contributed by atoms with Crippen LogP contribution in [0, 0.1) is 10.1 Å². The van der Waals surface area contributed by atoms with Crippen molar-refractivity contribution in [1.29, 1.82) is 0 Å². The number of dihydropyridines is 1. The van der Waals surface area contributed by atoms with Gasteiger partial charge in [0, 0.05) is 30.1 Å². The summed E-state index contributed by atoms with van der Waals surface area (Å²) in [4.78, 5) is 38.4. The molecular weight excluding hydrogens is 650 g/mol. The van der Waals surface area contributed by atoms with E-state index in [0.29, 0.717) is 29.9 Å². The second kappa shape index (κ2) is 23.3. The Bertz CT molecular complexity index is 1440. The van der Waals surface area contributed by atoms with E-state index >= 15 is 0 Å². The molecule has 0 aliphatic carbocycles. The number of esters is 2. The minimum Gasteiger partial charge on any atom is -0.491 e. The molecule has 1 aliphatic rings. The number of aliphatic hydroxyl groups excluding tert-OH is 1. The van der Waals surface area contributed by atoms with Gasteiger partial charge in [-0.3, -0.25) is 10.1 Å². The van der Waals surface area contributed by atoms with E-state index in [1.807, 2.05) is 30.3 Å². The first-order chi connectivity index (χ1) is 24.7. The highest BCUT2D eigenvalue weighted by atomic mass is 16.6. The lowest BCUT2D eigenvalue weighted by Crippen LogP contribution is -2.32. The molecule has 2 atom stereocenters. The van der Waals surface area contributed by atoms with Gasteiger partial charge in [-0.1, -0.05) is 95.0 Å². The quantitative estimate of drug-likeness (QED) is 0.0407. The van der Waals surface area contributed by atoms with Crippen LogP contribution in [-0.4, -0.2) is 61.0 Å². The maximum Gasteiger partial charge on any atom is 0.336 e. The number of rotatable bonds is 25. The third-order valence-corrected chi connectivity index (χ3v) is 8.89. The number of nitro benzene ring substituents is 1. The zero-order valence-corrected chi connectivity index (χ0v) is 30.6. The van der Waals surface area contributed by atoms with Crippen LogP contribution in [0.5, 0.6) is 5.75 Å². The molecule has 0 bridgehead atoms. The summed E-state index contributed by atoms with van der Waals surface area (Å²) in [5.74, 6) is -1.29. The van der Waals surface area contributed by atoms with Crippen molar-refractivity contribution in [3.8, 4) is 5.75 Å². The molecule has 1 heterocycles. The number of unbranched alkanes of at least 4 members (excludes halogenated alkanes) is 10. The van der Waals surface area contributed by atoms with Crippen LogP contribution in [0.1, 0.15) is 109 Å². The van der Waals surface area contributed by atoms with Crippen molar-refractivity contribution in [2.75, 3.05) is 32.9 Å². The summed E-state index contributed by atoms with van der Waals surface area (Å²) in [5, 5.41) is 28.2. The summed E-state index contributed by atoms with van der Waals surface area (Å²) in [6.45, 7) is 7.53. The lowest BCUT2D eigenvalue weighted by atomic mass is 9.80. The SMILES string of the molecule is CCCCCCCCCCOC(=O)C1=C(C)NC(C)=C(C(=O)OCCCCCCNCC(O)COc2ccccc2)C1c1cccc([N+](=O)[O-])c1. The third kappa shape index (κ3) is 14.5. The van der Waals surface area contributed by atoms with Crippen molar-refractivity contribution >= 4 is 17.6 Å². The number of benzene rings is 2. The zero-order chi connectivity index (χ0) is 36.8. The van der Waals surface area contributed by atoms with E-state index < -0.39 is 28.9 Å². The number of carbonyl (C=O) groups is 2. The molecule has 2 unspecified atom stereocenters. The van der Waals surface area contributed by atoms with Crippen LogP contribution in [0.4, 0.5) is 5.69 Å². The number of allylic oxidation sites excluding steroid dienone is 2. The number of nitrogens with one attached hydrogen (secondary N) is 2. The lowest BCUT2D eigenvalue weighted by molar-refractivity contribution is -0.384. The second-order valence-corrected chi connectivity index (χ2v) is 13.1. The van der Waals surface area contributed by atoms with Gasteiger partial charge in [0.2, 0.25) is 0 Å². The molecule has 1 aliphatic heterocycles. The molecule has 3 rings (SSSR count). The molecule has 0 saturated heterocycles. The number of hydrogen-bond acceptors (Lipinski definition) is 10. The van der Waals surface area contributed by atoms with Gasteiger partial charge in [0.05, 0.1) is 35.2 Å². The average molecular weight is 708 g/mol. The summed E-state index contributed by atoms with van der Waals surface area (Å²) >= 11 is 0. The second-order valence-electron chi connectivity index (χ2n) is 13.1. The number of ether oxygens (including phenoxy) is 3. The first-order valence-electron chi connectivity index (χ1n) is 18.6. The Balaban J connectivity index is 1.50. The van der Waals surface area contributed by atoms with E-state index in [1.165, 1.54) is 44.2 Å². The number of carbonyl (C=O) groups excluding carboxylic acids is 2. The zero-order valence-electron chi connectivity index (χ0n) is 30.6. The highest BCUT2D eigenvalue weighted by Gasteiger charge is 2.38. The smallest absolute Gasteiger partial charge is 0.336 e. The monoisotopic (exact) mass is 707 g/mol. The molecule has 0 amide bonds. The molecule has 3 N–H and O–H groups in total. The molecule has 11 nitrogen and oxygen atoms in total. The van der Waals surface area contributed by atoms with E-state index in [0.717, 1.165) is 50.8 Å². The van der Waals surface area contributed by atoms with Crippen molar-refractivity contribution in [2.45, 2.75) is 110 Å². The maximum atomic E-state index is 13.6. The average Bonchev–Trinajstić information content (AvgIpc) is 3.12. The number of para-hydroxylation sites is 1. The van der Waals surface area contributed by atoms with Crippen molar-refractivity contribution in [2.24, 2.45) is 0 Å². The summed E-state index contributed by atoms with van der Waals surface area (Å²) in [7, 11) is 0. The fourth-order valence-corrected chi connectivity index (χ4v) is 6.15. The van der Waals surface area contributed by atoms with E-state index in [1.54, 1.807) is 26.0 Å². The Hall–Kier alpha value is -4.22. The minimum absolute atomic E-state index is 0.134. The molecule has 0 spiro atoms. The van der Waals surface area contributed by atoms with E-state index in [4.69, 9.17) is 14.2 Å². The van der Waals surface area contributed by atoms with Crippen molar-refractivity contribution in [3.05, 3.63) is 92.8 Å². The topological polar surface area (TPSA) is 149 Å². The predicted octanol–water partition coefficient (Wildman–Crippen LogP) is 7.65. The Labute approximate surface area is 303 Å². The first-order valence-corrected chi connectivity index (χ1v) is 18.6. The predicted molar refractivity (Wildman–Crippen MR) is 198 cm³/mol. The Morgan fingerprint density at radius 3 is 1.98 bits per heavy atom. The van der Waals surface area contributed by atoms with E-state index in [2.05, 4.69) is 17.6 Å². The molecule has 2 aromatic carbocycles. The summed E-state index contributed by atoms with van der Waals surface area (Å²) in [6.07, 6.45) is 11.6. The van der Waals surface area contributed by atoms with Crippen molar-refractivity contribution in [3.63, 3.8) is 0 Å². The molecule has 0 fully saturated rings. The summed E-state index contributed by atoms with van der Waals surface area (Å²) < 4.78 is 17.0. The maximum absolute atomic E-state index is 13.6. The highest BCUT2D eigenvalue weighted by Crippen LogP contribution is 2.40. The van der Waals surface area contributed by atoms with E-state index in [9.17, 15) is 24.8 Å². The van der Waals surface area contributed by atoms with Crippen molar-refractivity contribution in [1.82, 2.24) is 10.6 Å². The van der Waals surface area contributed by atoms with Gasteiger partial charge in [0.25, 0.3) is 5.69 Å².